The van der Waals surface area contributed by atoms with E-state index in [2.05, 4.69) is 10.4 Å². The predicted octanol–water partition coefficient (Wildman–Crippen LogP) is 1.92. The summed E-state index contributed by atoms with van der Waals surface area (Å²) in [7, 11) is 1.47. The second kappa shape index (κ2) is 8.17. The van der Waals surface area contributed by atoms with E-state index in [0.29, 0.717) is 6.42 Å². The number of rotatable bonds is 7. The maximum Gasteiger partial charge on any atom is 0.341 e. The Morgan fingerprint density at radius 1 is 1.36 bits per heavy atom. The number of thiophene rings is 1. The topological polar surface area (TPSA) is 159 Å². The number of carbonyl (C=O) groups is 3. The van der Waals surface area contributed by atoms with Gasteiger partial charge in [0, 0.05) is 7.05 Å². The van der Waals surface area contributed by atoms with Gasteiger partial charge in [0.1, 0.15) is 10.7 Å². The standard InChI is InChI=1S/C16H19N5O6S/c1-5-6-27-16(24)9-7(2)12(13(17)22)28-15(9)18-14(23)10-11(21(25)26)8(3)20(4)19-10/h5-6H2,1-4H3,(H2,17,22)(H,18,23). The van der Waals surface area contributed by atoms with Gasteiger partial charge in [0.05, 0.1) is 22.0 Å². The summed E-state index contributed by atoms with van der Waals surface area (Å²) in [4.78, 5) is 47.3. The van der Waals surface area contributed by atoms with Crippen molar-refractivity contribution in [1.29, 1.82) is 0 Å². The van der Waals surface area contributed by atoms with Crippen LogP contribution in [0, 0.1) is 24.0 Å². The van der Waals surface area contributed by atoms with E-state index in [-0.39, 0.29) is 33.3 Å². The van der Waals surface area contributed by atoms with E-state index in [9.17, 15) is 24.5 Å². The first kappa shape index (κ1) is 21.0. The number of esters is 1. The number of anilines is 1. The van der Waals surface area contributed by atoms with Crippen LogP contribution in [0.4, 0.5) is 10.7 Å². The largest absolute Gasteiger partial charge is 0.462 e. The normalized spacial score (nSPS) is 10.6. The summed E-state index contributed by atoms with van der Waals surface area (Å²) in [5, 5.41) is 17.6. The number of nitrogens with two attached hydrogens (primary N) is 1. The molecule has 0 spiro atoms. The van der Waals surface area contributed by atoms with Gasteiger partial charge in [0.15, 0.2) is 0 Å². The highest BCUT2D eigenvalue weighted by atomic mass is 32.1. The predicted molar refractivity (Wildman–Crippen MR) is 101 cm³/mol. The molecule has 12 heteroatoms. The molecule has 0 aliphatic carbocycles. The number of carbonyl (C=O) groups excluding carboxylic acids is 3. The van der Waals surface area contributed by atoms with Gasteiger partial charge in [-0.05, 0) is 25.8 Å². The average Bonchev–Trinajstić information content (AvgIpc) is 3.10. The van der Waals surface area contributed by atoms with Crippen molar-refractivity contribution in [3.8, 4) is 0 Å². The fraction of sp³-hybridized carbons (Fsp3) is 0.375. The van der Waals surface area contributed by atoms with E-state index in [4.69, 9.17) is 10.5 Å². The summed E-state index contributed by atoms with van der Waals surface area (Å²) in [6.45, 7) is 4.92. The third-order valence-electron chi connectivity index (χ3n) is 3.94. The molecule has 11 nitrogen and oxygen atoms in total. The van der Waals surface area contributed by atoms with Crippen molar-refractivity contribution in [3.05, 3.63) is 37.5 Å². The van der Waals surface area contributed by atoms with Gasteiger partial charge >= 0.3 is 11.7 Å². The molecule has 0 bridgehead atoms. The van der Waals surface area contributed by atoms with Gasteiger partial charge < -0.3 is 15.8 Å². The minimum absolute atomic E-state index is 0.00927. The zero-order chi connectivity index (χ0) is 21.2. The van der Waals surface area contributed by atoms with Gasteiger partial charge in [-0.25, -0.2) is 4.79 Å². The lowest BCUT2D eigenvalue weighted by atomic mass is 10.1. The molecule has 0 aliphatic heterocycles. The van der Waals surface area contributed by atoms with Gasteiger partial charge in [-0.1, -0.05) is 6.92 Å². The van der Waals surface area contributed by atoms with Crippen molar-refractivity contribution in [1.82, 2.24) is 9.78 Å². The van der Waals surface area contributed by atoms with Crippen LogP contribution in [0.2, 0.25) is 0 Å². The molecule has 2 rings (SSSR count). The molecule has 2 aromatic rings. The Kier molecular flexibility index (Phi) is 6.13. The monoisotopic (exact) mass is 409 g/mol. The third kappa shape index (κ3) is 3.86. The van der Waals surface area contributed by atoms with Gasteiger partial charge in [-0.15, -0.1) is 11.3 Å². The minimum Gasteiger partial charge on any atom is -0.462 e. The van der Waals surface area contributed by atoms with Crippen molar-refractivity contribution < 1.29 is 24.0 Å². The second-order valence-electron chi connectivity index (χ2n) is 5.88. The van der Waals surface area contributed by atoms with Crippen LogP contribution in [0.25, 0.3) is 0 Å². The van der Waals surface area contributed by atoms with E-state index in [0.717, 1.165) is 11.3 Å². The van der Waals surface area contributed by atoms with E-state index >= 15 is 0 Å². The molecular formula is C16H19N5O6S. The highest BCUT2D eigenvalue weighted by Crippen LogP contribution is 2.34. The summed E-state index contributed by atoms with van der Waals surface area (Å²) in [6, 6.07) is 0. The summed E-state index contributed by atoms with van der Waals surface area (Å²) in [5.41, 5.74) is 4.91. The third-order valence-corrected chi connectivity index (χ3v) is 5.16. The number of amides is 2. The molecule has 28 heavy (non-hydrogen) atoms. The van der Waals surface area contributed by atoms with Crippen molar-refractivity contribution in [2.75, 3.05) is 11.9 Å². The van der Waals surface area contributed by atoms with E-state index in [1.807, 2.05) is 6.92 Å². The Morgan fingerprint density at radius 2 is 2.00 bits per heavy atom. The minimum atomic E-state index is -0.891. The molecule has 2 heterocycles. The number of hydrogen-bond acceptors (Lipinski definition) is 8. The number of hydrogen-bond donors (Lipinski definition) is 2. The number of aryl methyl sites for hydroxylation is 1. The smallest absolute Gasteiger partial charge is 0.341 e. The van der Waals surface area contributed by atoms with Crippen molar-refractivity contribution in [2.24, 2.45) is 12.8 Å². The Morgan fingerprint density at radius 3 is 2.54 bits per heavy atom. The summed E-state index contributed by atoms with van der Waals surface area (Å²) in [5.74, 6) is -2.39. The zero-order valence-corrected chi connectivity index (χ0v) is 16.5. The lowest BCUT2D eigenvalue weighted by molar-refractivity contribution is -0.385. The summed E-state index contributed by atoms with van der Waals surface area (Å²) >= 11 is 0.793. The Balaban J connectivity index is 2.48. The Labute approximate surface area is 163 Å². The lowest BCUT2D eigenvalue weighted by Gasteiger charge is -2.06. The molecule has 150 valence electrons. The molecule has 0 aliphatic rings. The fourth-order valence-electron chi connectivity index (χ4n) is 2.48. The number of aromatic nitrogens is 2. The number of primary amides is 1. The molecule has 0 aromatic carbocycles. The van der Waals surface area contributed by atoms with Crippen LogP contribution in [0.1, 0.15) is 55.1 Å². The van der Waals surface area contributed by atoms with E-state index in [1.54, 1.807) is 0 Å². The summed E-state index contributed by atoms with van der Waals surface area (Å²) < 4.78 is 6.31. The maximum absolute atomic E-state index is 12.6. The Hall–Kier alpha value is -3.28. The van der Waals surface area contributed by atoms with Crippen LogP contribution >= 0.6 is 11.3 Å². The number of nitrogens with one attached hydrogen (secondary N) is 1. The van der Waals surface area contributed by atoms with Gasteiger partial charge in [-0.3, -0.25) is 24.4 Å². The van der Waals surface area contributed by atoms with Crippen molar-refractivity contribution >= 4 is 39.8 Å². The first-order chi connectivity index (χ1) is 13.1. The molecule has 2 aromatic heterocycles. The SMILES string of the molecule is CCCOC(=O)c1c(NC(=O)c2nn(C)c(C)c2[N+](=O)[O-])sc(C(N)=O)c1C. The van der Waals surface area contributed by atoms with Crippen molar-refractivity contribution in [3.63, 3.8) is 0 Å². The van der Waals surface area contributed by atoms with Crippen LogP contribution in [-0.2, 0) is 11.8 Å². The average molecular weight is 409 g/mol. The van der Waals surface area contributed by atoms with Crippen molar-refractivity contribution in [2.45, 2.75) is 27.2 Å². The number of nitrogens with zero attached hydrogens (tertiary/aromatic N) is 3. The zero-order valence-electron chi connectivity index (χ0n) is 15.7. The molecule has 0 atom stereocenters. The number of nitro groups is 1. The molecule has 0 saturated heterocycles. The van der Waals surface area contributed by atoms with Gasteiger partial charge in [0.2, 0.25) is 5.69 Å². The van der Waals surface area contributed by atoms with Gasteiger partial charge in [0.25, 0.3) is 11.8 Å². The quantitative estimate of drug-likeness (QED) is 0.401. The van der Waals surface area contributed by atoms with Crippen LogP contribution in [0.5, 0.6) is 0 Å². The highest BCUT2D eigenvalue weighted by Gasteiger charge is 2.31. The molecule has 2 amide bonds. The molecule has 0 unspecified atom stereocenters. The van der Waals surface area contributed by atoms with E-state index < -0.39 is 34.1 Å². The fourth-order valence-corrected chi connectivity index (χ4v) is 3.52. The van der Waals surface area contributed by atoms with Crippen LogP contribution < -0.4 is 11.1 Å². The second-order valence-corrected chi connectivity index (χ2v) is 6.90. The first-order valence-corrected chi connectivity index (χ1v) is 9.01. The summed E-state index contributed by atoms with van der Waals surface area (Å²) in [6.07, 6.45) is 0.582. The highest BCUT2D eigenvalue weighted by molar-refractivity contribution is 7.18. The molecule has 0 radical (unpaired) electrons. The van der Waals surface area contributed by atoms with E-state index in [1.165, 1.54) is 25.6 Å². The maximum atomic E-state index is 12.6. The van der Waals surface area contributed by atoms with Crippen LogP contribution in [0.3, 0.4) is 0 Å². The molecule has 3 N–H and O–H groups in total. The van der Waals surface area contributed by atoms with Crippen LogP contribution in [-0.4, -0.2) is 39.1 Å². The molecule has 0 fully saturated rings. The number of ether oxygens (including phenoxy) is 1. The Bertz CT molecular complexity index is 977. The molecule has 0 saturated carbocycles. The lowest BCUT2D eigenvalue weighted by Crippen LogP contribution is -2.17. The van der Waals surface area contributed by atoms with Gasteiger partial charge in [-0.2, -0.15) is 5.10 Å². The molecular weight excluding hydrogens is 390 g/mol. The van der Waals surface area contributed by atoms with Crippen LogP contribution in [0.15, 0.2) is 0 Å². The first-order valence-electron chi connectivity index (χ1n) is 8.19.